The molecule has 2 heterocycles. The van der Waals surface area contributed by atoms with Crippen molar-refractivity contribution >= 4 is 15.7 Å². The van der Waals surface area contributed by atoms with Crippen LogP contribution in [-0.2, 0) is 9.84 Å². The fourth-order valence-electron chi connectivity index (χ4n) is 3.63. The first-order chi connectivity index (χ1) is 12.2. The van der Waals surface area contributed by atoms with Crippen LogP contribution in [-0.4, -0.2) is 61.9 Å². The number of sulfone groups is 1. The standard InChI is InChI=1S/C17H21F3N2O3S/c18-17(19,20)26(24,25)15-7-5-13(6-8-15)16(23)22-11-3-4-14(22)12-21-9-1-2-10-21/h5-8,14H,1-4,9-12H2. The first-order valence-corrected chi connectivity index (χ1v) is 10.1. The van der Waals surface area contributed by atoms with E-state index in [0.29, 0.717) is 6.54 Å². The highest BCUT2D eigenvalue weighted by molar-refractivity contribution is 7.92. The lowest BCUT2D eigenvalue weighted by Gasteiger charge is -2.28. The van der Waals surface area contributed by atoms with Crippen molar-refractivity contribution in [2.75, 3.05) is 26.2 Å². The Morgan fingerprint density at radius 2 is 1.65 bits per heavy atom. The van der Waals surface area contributed by atoms with Gasteiger partial charge in [-0.25, -0.2) is 8.42 Å². The Morgan fingerprint density at radius 3 is 2.23 bits per heavy atom. The summed E-state index contributed by atoms with van der Waals surface area (Å²) in [5, 5.41) is 0. The average Bonchev–Trinajstić information content (AvgIpc) is 3.25. The topological polar surface area (TPSA) is 57.7 Å². The smallest absolute Gasteiger partial charge is 0.334 e. The van der Waals surface area contributed by atoms with Gasteiger partial charge in [-0.3, -0.25) is 4.79 Å². The SMILES string of the molecule is O=C(c1ccc(S(=O)(=O)C(F)(F)F)cc1)N1CCCC1CN1CCCC1. The lowest BCUT2D eigenvalue weighted by molar-refractivity contribution is -0.0436. The van der Waals surface area contributed by atoms with Crippen LogP contribution < -0.4 is 0 Å². The molecule has 1 atom stereocenters. The minimum absolute atomic E-state index is 0.0965. The maximum atomic E-state index is 12.7. The Hall–Kier alpha value is -1.61. The van der Waals surface area contributed by atoms with Gasteiger partial charge in [0, 0.05) is 24.7 Å². The minimum atomic E-state index is -5.40. The Labute approximate surface area is 150 Å². The van der Waals surface area contributed by atoms with Crippen molar-refractivity contribution in [3.05, 3.63) is 29.8 Å². The molecular weight excluding hydrogens is 369 g/mol. The predicted octanol–water partition coefficient (Wildman–Crippen LogP) is 2.68. The molecule has 26 heavy (non-hydrogen) atoms. The number of nitrogens with zero attached hydrogens (tertiary/aromatic N) is 2. The zero-order valence-electron chi connectivity index (χ0n) is 14.2. The number of amides is 1. The second-order valence-corrected chi connectivity index (χ2v) is 8.72. The maximum absolute atomic E-state index is 12.7. The predicted molar refractivity (Wildman–Crippen MR) is 89.4 cm³/mol. The number of likely N-dealkylation sites (tertiary alicyclic amines) is 2. The molecule has 0 saturated carbocycles. The van der Waals surface area contributed by atoms with Crippen LogP contribution in [0.4, 0.5) is 13.2 Å². The number of alkyl halides is 3. The molecule has 144 valence electrons. The lowest BCUT2D eigenvalue weighted by Crippen LogP contribution is -2.42. The number of hydrogen-bond acceptors (Lipinski definition) is 4. The highest BCUT2D eigenvalue weighted by atomic mass is 32.2. The molecule has 2 fully saturated rings. The number of halogens is 3. The van der Waals surface area contributed by atoms with Gasteiger partial charge in [-0.05, 0) is 63.0 Å². The van der Waals surface area contributed by atoms with Crippen molar-refractivity contribution < 1.29 is 26.4 Å². The van der Waals surface area contributed by atoms with E-state index < -0.39 is 20.2 Å². The van der Waals surface area contributed by atoms with E-state index in [9.17, 15) is 26.4 Å². The molecule has 3 rings (SSSR count). The molecule has 0 N–H and O–H groups in total. The summed E-state index contributed by atoms with van der Waals surface area (Å²) in [6, 6.07) is 4.11. The Balaban J connectivity index is 1.73. The fourth-order valence-corrected chi connectivity index (χ4v) is 4.39. The summed E-state index contributed by atoms with van der Waals surface area (Å²) < 4.78 is 60.6. The van der Waals surface area contributed by atoms with E-state index in [0.717, 1.165) is 69.6 Å². The number of carbonyl (C=O) groups is 1. The molecule has 1 unspecified atom stereocenters. The highest BCUT2D eigenvalue weighted by Crippen LogP contribution is 2.30. The summed E-state index contributed by atoms with van der Waals surface area (Å²) in [6.45, 7) is 3.48. The van der Waals surface area contributed by atoms with Crippen LogP contribution in [0.15, 0.2) is 29.2 Å². The second kappa shape index (κ2) is 7.19. The molecule has 0 radical (unpaired) electrons. The van der Waals surface area contributed by atoms with Crippen molar-refractivity contribution in [1.82, 2.24) is 9.80 Å². The van der Waals surface area contributed by atoms with Gasteiger partial charge in [0.05, 0.1) is 4.90 Å². The first kappa shape index (κ1) is 19.2. The van der Waals surface area contributed by atoms with E-state index in [1.165, 1.54) is 0 Å². The molecule has 1 aromatic carbocycles. The Morgan fingerprint density at radius 1 is 1.04 bits per heavy atom. The van der Waals surface area contributed by atoms with Gasteiger partial charge in [0.25, 0.3) is 15.7 Å². The minimum Gasteiger partial charge on any atom is -0.334 e. The van der Waals surface area contributed by atoms with E-state index in [-0.39, 0.29) is 17.5 Å². The van der Waals surface area contributed by atoms with Crippen LogP contribution in [0.1, 0.15) is 36.0 Å². The molecule has 2 saturated heterocycles. The monoisotopic (exact) mass is 390 g/mol. The molecule has 0 aromatic heterocycles. The lowest BCUT2D eigenvalue weighted by atomic mass is 10.1. The van der Waals surface area contributed by atoms with Crippen LogP contribution in [0.3, 0.4) is 0 Å². The maximum Gasteiger partial charge on any atom is 0.501 e. The molecule has 0 bridgehead atoms. The van der Waals surface area contributed by atoms with Crippen molar-refractivity contribution in [3.8, 4) is 0 Å². The summed E-state index contributed by atoms with van der Waals surface area (Å²) in [5.74, 6) is -0.261. The third kappa shape index (κ3) is 3.73. The van der Waals surface area contributed by atoms with Crippen LogP contribution in [0, 0.1) is 0 Å². The molecule has 0 aliphatic carbocycles. The Bertz CT molecular complexity index is 756. The van der Waals surface area contributed by atoms with E-state index in [1.807, 2.05) is 0 Å². The number of hydrogen-bond donors (Lipinski definition) is 0. The van der Waals surface area contributed by atoms with Crippen molar-refractivity contribution in [2.45, 2.75) is 42.1 Å². The van der Waals surface area contributed by atoms with Gasteiger partial charge in [0.1, 0.15) is 0 Å². The summed E-state index contributed by atoms with van der Waals surface area (Å²) in [4.78, 5) is 16.0. The molecule has 5 nitrogen and oxygen atoms in total. The van der Waals surface area contributed by atoms with Crippen molar-refractivity contribution in [3.63, 3.8) is 0 Å². The van der Waals surface area contributed by atoms with Gasteiger partial charge in [-0.1, -0.05) is 0 Å². The zero-order chi connectivity index (χ0) is 18.9. The summed E-state index contributed by atoms with van der Waals surface area (Å²) >= 11 is 0. The van der Waals surface area contributed by atoms with Crippen LogP contribution >= 0.6 is 0 Å². The molecule has 1 aromatic rings. The molecule has 1 amide bonds. The van der Waals surface area contributed by atoms with Gasteiger partial charge in [-0.15, -0.1) is 0 Å². The summed E-state index contributed by atoms with van der Waals surface area (Å²) in [7, 11) is -5.40. The van der Waals surface area contributed by atoms with Gasteiger partial charge >= 0.3 is 5.51 Å². The number of rotatable bonds is 4. The van der Waals surface area contributed by atoms with Gasteiger partial charge in [-0.2, -0.15) is 13.2 Å². The number of carbonyl (C=O) groups excluding carboxylic acids is 1. The van der Waals surface area contributed by atoms with Gasteiger partial charge in [0.15, 0.2) is 0 Å². The average molecular weight is 390 g/mol. The molecule has 9 heteroatoms. The van der Waals surface area contributed by atoms with Crippen molar-refractivity contribution in [2.24, 2.45) is 0 Å². The molecule has 2 aliphatic rings. The molecular formula is C17H21F3N2O3S. The quantitative estimate of drug-likeness (QED) is 0.793. The second-order valence-electron chi connectivity index (χ2n) is 6.78. The third-order valence-electron chi connectivity index (χ3n) is 5.02. The zero-order valence-corrected chi connectivity index (χ0v) is 15.0. The normalized spacial score (nSPS) is 22.1. The highest BCUT2D eigenvalue weighted by Gasteiger charge is 2.46. The van der Waals surface area contributed by atoms with E-state index in [4.69, 9.17) is 0 Å². The largest absolute Gasteiger partial charge is 0.501 e. The van der Waals surface area contributed by atoms with Crippen LogP contribution in [0.2, 0.25) is 0 Å². The fraction of sp³-hybridized carbons (Fsp3) is 0.588. The first-order valence-electron chi connectivity index (χ1n) is 8.65. The van der Waals surface area contributed by atoms with E-state index in [1.54, 1.807) is 4.90 Å². The van der Waals surface area contributed by atoms with E-state index in [2.05, 4.69) is 4.90 Å². The molecule has 2 aliphatic heterocycles. The molecule has 0 spiro atoms. The van der Waals surface area contributed by atoms with Crippen molar-refractivity contribution in [1.29, 1.82) is 0 Å². The summed E-state index contributed by atoms with van der Waals surface area (Å²) in [5.41, 5.74) is -5.15. The van der Waals surface area contributed by atoms with Crippen LogP contribution in [0.5, 0.6) is 0 Å². The Kier molecular flexibility index (Phi) is 5.30. The van der Waals surface area contributed by atoms with Gasteiger partial charge in [0.2, 0.25) is 0 Å². The van der Waals surface area contributed by atoms with Gasteiger partial charge < -0.3 is 9.80 Å². The number of benzene rings is 1. The van der Waals surface area contributed by atoms with Crippen LogP contribution in [0.25, 0.3) is 0 Å². The summed E-state index contributed by atoms with van der Waals surface area (Å²) in [6.07, 6.45) is 4.12. The third-order valence-corrected chi connectivity index (χ3v) is 6.52. The van der Waals surface area contributed by atoms with E-state index >= 15 is 0 Å².